The molecule has 0 aromatic heterocycles. The van der Waals surface area contributed by atoms with Crippen molar-refractivity contribution in [1.82, 2.24) is 4.31 Å². The molecule has 0 aliphatic carbocycles. The lowest BCUT2D eigenvalue weighted by molar-refractivity contribution is 0.256. The molecule has 1 heterocycles. The van der Waals surface area contributed by atoms with Crippen molar-refractivity contribution in [3.63, 3.8) is 0 Å². The molecule has 7 heteroatoms. The molecule has 0 saturated carbocycles. The van der Waals surface area contributed by atoms with Crippen LogP contribution >= 0.6 is 0 Å². The van der Waals surface area contributed by atoms with Crippen LogP contribution in [0, 0.1) is 0 Å². The largest absolute Gasteiger partial charge is 0.508 e. The van der Waals surface area contributed by atoms with Gasteiger partial charge >= 0.3 is 0 Å². The van der Waals surface area contributed by atoms with Crippen molar-refractivity contribution in [1.29, 1.82) is 0 Å². The standard InChI is InChI=1S/C17H19NO5S/c19-9-3-6-15-14-5-2-1-4-12(14)11-18(15)24(22,23)17-8-7-13(20)10-16(17)21/h1-2,4-5,7-8,10,15,19-21H,3,6,9,11H2. The molecule has 0 saturated heterocycles. The second kappa shape index (κ2) is 6.43. The molecule has 3 N–H and O–H groups in total. The minimum atomic E-state index is -3.94. The molecule has 2 aromatic rings. The first kappa shape index (κ1) is 16.8. The van der Waals surface area contributed by atoms with Gasteiger partial charge in [0.2, 0.25) is 10.0 Å². The number of sulfonamides is 1. The molecule has 2 aromatic carbocycles. The lowest BCUT2D eigenvalue weighted by Crippen LogP contribution is -2.30. The minimum absolute atomic E-state index is 0.0169. The van der Waals surface area contributed by atoms with Gasteiger partial charge in [-0.1, -0.05) is 24.3 Å². The van der Waals surface area contributed by atoms with Gasteiger partial charge in [0, 0.05) is 19.2 Å². The van der Waals surface area contributed by atoms with E-state index in [4.69, 9.17) is 5.11 Å². The number of aromatic hydroxyl groups is 2. The third-order valence-corrected chi connectivity index (χ3v) is 6.15. The number of fused-ring (bicyclic) bond motifs is 1. The van der Waals surface area contributed by atoms with Crippen molar-refractivity contribution >= 4 is 10.0 Å². The van der Waals surface area contributed by atoms with Gasteiger partial charge in [-0.25, -0.2) is 8.42 Å². The van der Waals surface area contributed by atoms with Gasteiger partial charge in [-0.15, -0.1) is 0 Å². The summed E-state index contributed by atoms with van der Waals surface area (Å²) >= 11 is 0. The molecular formula is C17H19NO5S. The monoisotopic (exact) mass is 349 g/mol. The first-order valence-corrected chi connectivity index (χ1v) is 9.11. The summed E-state index contributed by atoms with van der Waals surface area (Å²) in [4.78, 5) is -0.234. The number of phenols is 2. The number of aliphatic hydroxyl groups is 1. The van der Waals surface area contributed by atoms with E-state index in [1.54, 1.807) is 0 Å². The minimum Gasteiger partial charge on any atom is -0.508 e. The van der Waals surface area contributed by atoms with E-state index in [9.17, 15) is 18.6 Å². The first-order valence-electron chi connectivity index (χ1n) is 7.67. The highest BCUT2D eigenvalue weighted by Gasteiger charge is 2.39. The van der Waals surface area contributed by atoms with E-state index < -0.39 is 15.8 Å². The van der Waals surface area contributed by atoms with Crippen LogP contribution in [0.5, 0.6) is 11.5 Å². The second-order valence-electron chi connectivity index (χ2n) is 5.78. The number of rotatable bonds is 5. The molecule has 0 radical (unpaired) electrons. The Kier molecular flexibility index (Phi) is 4.49. The zero-order chi connectivity index (χ0) is 17.3. The van der Waals surface area contributed by atoms with Crippen LogP contribution in [-0.4, -0.2) is 34.6 Å². The summed E-state index contributed by atoms with van der Waals surface area (Å²) in [5.74, 6) is -0.681. The van der Waals surface area contributed by atoms with Crippen LogP contribution in [0.15, 0.2) is 47.4 Å². The Balaban J connectivity index is 2.03. The van der Waals surface area contributed by atoms with Crippen LogP contribution in [0.3, 0.4) is 0 Å². The molecule has 0 bridgehead atoms. The van der Waals surface area contributed by atoms with E-state index in [0.717, 1.165) is 17.2 Å². The maximum atomic E-state index is 13.0. The number of hydrogen-bond acceptors (Lipinski definition) is 5. The van der Waals surface area contributed by atoms with Gasteiger partial charge in [-0.2, -0.15) is 4.31 Å². The Labute approximate surface area is 140 Å². The predicted molar refractivity (Wildman–Crippen MR) is 88.0 cm³/mol. The molecule has 3 rings (SSSR count). The third-order valence-electron chi connectivity index (χ3n) is 4.25. The van der Waals surface area contributed by atoms with Crippen molar-refractivity contribution in [2.45, 2.75) is 30.3 Å². The Bertz CT molecular complexity index is 850. The van der Waals surface area contributed by atoms with Crippen molar-refractivity contribution < 1.29 is 23.7 Å². The van der Waals surface area contributed by atoms with Crippen LogP contribution < -0.4 is 0 Å². The Hall–Kier alpha value is -2.09. The summed E-state index contributed by atoms with van der Waals surface area (Å²) in [5, 5.41) is 28.5. The molecule has 6 nitrogen and oxygen atoms in total. The van der Waals surface area contributed by atoms with E-state index in [0.29, 0.717) is 12.8 Å². The summed E-state index contributed by atoms with van der Waals surface area (Å²) in [6.45, 7) is 0.200. The molecule has 128 valence electrons. The zero-order valence-corrected chi connectivity index (χ0v) is 13.8. The van der Waals surface area contributed by atoms with Gasteiger partial charge in [-0.05, 0) is 36.1 Å². The summed E-state index contributed by atoms with van der Waals surface area (Å²) in [6.07, 6.45) is 0.970. The number of nitrogens with zero attached hydrogens (tertiary/aromatic N) is 1. The first-order chi connectivity index (χ1) is 11.4. The molecule has 1 unspecified atom stereocenters. The summed E-state index contributed by atoms with van der Waals surface area (Å²) < 4.78 is 27.4. The average Bonchev–Trinajstić information content (AvgIpc) is 2.92. The molecule has 1 aliphatic rings. The maximum absolute atomic E-state index is 13.0. The average molecular weight is 349 g/mol. The number of hydrogen-bond donors (Lipinski definition) is 3. The Morgan fingerprint density at radius 2 is 1.88 bits per heavy atom. The van der Waals surface area contributed by atoms with Crippen LogP contribution in [-0.2, 0) is 16.6 Å². The van der Waals surface area contributed by atoms with E-state index >= 15 is 0 Å². The molecule has 0 amide bonds. The van der Waals surface area contributed by atoms with Gasteiger partial charge in [0.05, 0.1) is 6.04 Å². The van der Waals surface area contributed by atoms with Crippen molar-refractivity contribution in [3.8, 4) is 11.5 Å². The van der Waals surface area contributed by atoms with Crippen molar-refractivity contribution in [3.05, 3.63) is 53.6 Å². The maximum Gasteiger partial charge on any atom is 0.247 e. The van der Waals surface area contributed by atoms with Crippen LogP contribution in [0.4, 0.5) is 0 Å². The molecular weight excluding hydrogens is 330 g/mol. The number of phenolic OH excluding ortho intramolecular Hbond substituents is 2. The van der Waals surface area contributed by atoms with Crippen LogP contribution in [0.25, 0.3) is 0 Å². The Morgan fingerprint density at radius 1 is 1.12 bits per heavy atom. The predicted octanol–water partition coefficient (Wildman–Crippen LogP) is 2.12. The van der Waals surface area contributed by atoms with Crippen LogP contribution in [0.1, 0.15) is 30.0 Å². The highest BCUT2D eigenvalue weighted by atomic mass is 32.2. The highest BCUT2D eigenvalue weighted by Crippen LogP contribution is 2.42. The summed E-state index contributed by atoms with van der Waals surface area (Å²) in [7, 11) is -3.94. The van der Waals surface area contributed by atoms with E-state index in [1.807, 2.05) is 24.3 Å². The smallest absolute Gasteiger partial charge is 0.247 e. The lowest BCUT2D eigenvalue weighted by atomic mass is 10.0. The normalized spacial score (nSPS) is 17.8. The highest BCUT2D eigenvalue weighted by molar-refractivity contribution is 7.89. The molecule has 1 atom stereocenters. The zero-order valence-electron chi connectivity index (χ0n) is 13.0. The van der Waals surface area contributed by atoms with Gasteiger partial charge < -0.3 is 15.3 Å². The molecule has 1 aliphatic heterocycles. The van der Waals surface area contributed by atoms with Crippen molar-refractivity contribution in [2.75, 3.05) is 6.61 Å². The number of aliphatic hydroxyl groups excluding tert-OH is 1. The number of benzene rings is 2. The topological polar surface area (TPSA) is 98.1 Å². The van der Waals surface area contributed by atoms with Gasteiger partial charge in [0.25, 0.3) is 0 Å². The lowest BCUT2D eigenvalue weighted by Gasteiger charge is -2.25. The van der Waals surface area contributed by atoms with Crippen molar-refractivity contribution in [2.24, 2.45) is 0 Å². The fraction of sp³-hybridized carbons (Fsp3) is 0.294. The van der Waals surface area contributed by atoms with Gasteiger partial charge in [-0.3, -0.25) is 0 Å². The SMILES string of the molecule is O=S(=O)(c1ccc(O)cc1O)N1Cc2ccccc2C1CCCO. The van der Waals surface area contributed by atoms with Gasteiger partial charge in [0.1, 0.15) is 16.4 Å². The molecule has 0 fully saturated rings. The quantitative estimate of drug-likeness (QED) is 0.768. The fourth-order valence-electron chi connectivity index (χ4n) is 3.12. The third kappa shape index (κ3) is 2.86. The second-order valence-corrected chi connectivity index (χ2v) is 7.64. The fourth-order valence-corrected chi connectivity index (χ4v) is 4.80. The van der Waals surface area contributed by atoms with Gasteiger partial charge in [0.15, 0.2) is 0 Å². The summed E-state index contributed by atoms with van der Waals surface area (Å²) in [6, 6.07) is 10.6. The van der Waals surface area contributed by atoms with E-state index in [2.05, 4.69) is 0 Å². The Morgan fingerprint density at radius 3 is 2.58 bits per heavy atom. The van der Waals surface area contributed by atoms with Crippen LogP contribution in [0.2, 0.25) is 0 Å². The molecule has 24 heavy (non-hydrogen) atoms. The van der Waals surface area contributed by atoms with E-state index in [-0.39, 0.29) is 29.8 Å². The summed E-state index contributed by atoms with van der Waals surface area (Å²) in [5.41, 5.74) is 1.84. The van der Waals surface area contributed by atoms with E-state index in [1.165, 1.54) is 16.4 Å². The molecule has 0 spiro atoms.